The molecule has 0 aliphatic rings. The number of rotatable bonds is 5. The van der Waals surface area contributed by atoms with Crippen molar-refractivity contribution in [3.05, 3.63) is 431 Å². The van der Waals surface area contributed by atoms with E-state index in [4.69, 9.17) is 0 Å². The van der Waals surface area contributed by atoms with Crippen LogP contribution in [0.1, 0.15) is 54.9 Å². The van der Waals surface area contributed by atoms with Crippen molar-refractivity contribution in [3.8, 4) is 27.9 Å². The van der Waals surface area contributed by atoms with Crippen LogP contribution < -0.4 is 0 Å². The average molecular weight is 1610 g/mol. The third-order valence-electron chi connectivity index (χ3n) is 25.2. The summed E-state index contributed by atoms with van der Waals surface area (Å²) < 4.78 is 11.9. The number of fused-ring (bicyclic) bond motifs is 21. The molecular weight excluding hydrogens is 1520 g/mol. The van der Waals surface area contributed by atoms with Crippen LogP contribution in [0.4, 0.5) is 0 Å². The minimum absolute atomic E-state index is 0.963. The van der Waals surface area contributed by atoms with E-state index in [1.807, 2.05) is 29.7 Å². The molecule has 596 valence electrons. The van der Waals surface area contributed by atoms with Crippen molar-refractivity contribution < 1.29 is 0 Å². The number of hydrogen-bond acceptors (Lipinski definition) is 2. The Bertz CT molecular complexity index is 8390. The first kappa shape index (κ1) is 76.5. The molecule has 124 heavy (non-hydrogen) atoms. The van der Waals surface area contributed by atoms with Gasteiger partial charge in [-0.2, -0.15) is 0 Å². The van der Waals surface area contributed by atoms with Gasteiger partial charge < -0.3 is 18.3 Å². The van der Waals surface area contributed by atoms with Gasteiger partial charge >= 0.3 is 0 Å². The summed E-state index contributed by atoms with van der Waals surface area (Å²) in [6.07, 6.45) is 1.84. The van der Waals surface area contributed by atoms with Crippen molar-refractivity contribution in [1.82, 2.24) is 27.8 Å². The Kier molecular flexibility index (Phi) is 19.3. The van der Waals surface area contributed by atoms with Crippen LogP contribution in [0.3, 0.4) is 0 Å². The van der Waals surface area contributed by atoms with Gasteiger partial charge in [0, 0.05) is 86.8 Å². The zero-order chi connectivity index (χ0) is 84.1. The molecule has 7 aromatic heterocycles. The highest BCUT2D eigenvalue weighted by molar-refractivity contribution is 7.14. The molecule has 6 nitrogen and oxygen atoms in total. The summed E-state index contributed by atoms with van der Waals surface area (Å²) in [6.45, 7) is 21.7. The van der Waals surface area contributed by atoms with Crippen LogP contribution in [-0.4, -0.2) is 27.8 Å². The van der Waals surface area contributed by atoms with Crippen molar-refractivity contribution in [2.24, 2.45) is 0 Å². The van der Waals surface area contributed by atoms with Crippen LogP contribution in [0.25, 0.3) is 191 Å². The maximum absolute atomic E-state index is 4.53. The van der Waals surface area contributed by atoms with Crippen LogP contribution >= 0.6 is 11.3 Å². The van der Waals surface area contributed by atoms with Crippen molar-refractivity contribution in [2.75, 3.05) is 0 Å². The van der Waals surface area contributed by atoms with Gasteiger partial charge in [0.15, 0.2) is 0 Å². The maximum atomic E-state index is 4.53. The summed E-state index contributed by atoms with van der Waals surface area (Å²) in [6, 6.07) is 134. The summed E-state index contributed by atoms with van der Waals surface area (Å²) in [4.78, 5) is 5.88. The monoisotopic (exact) mass is 1610 g/mol. The van der Waals surface area contributed by atoms with E-state index in [1.165, 1.54) is 240 Å². The molecule has 7 heterocycles. The summed E-state index contributed by atoms with van der Waals surface area (Å²) in [5.74, 6) is 0.963. The predicted molar refractivity (Wildman–Crippen MR) is 534 cm³/mol. The lowest BCUT2D eigenvalue weighted by molar-refractivity contribution is 1.08. The number of aryl methyl sites for hydroxylation is 10. The van der Waals surface area contributed by atoms with Crippen molar-refractivity contribution in [2.45, 2.75) is 69.2 Å². The van der Waals surface area contributed by atoms with E-state index in [9.17, 15) is 0 Å². The van der Waals surface area contributed by atoms with Crippen molar-refractivity contribution in [1.29, 1.82) is 0 Å². The Hall–Kier alpha value is -14.9. The Morgan fingerprint density at radius 2 is 0.581 bits per heavy atom. The molecule has 0 amide bonds. The molecule has 0 spiro atoms. The van der Waals surface area contributed by atoms with E-state index in [0.717, 1.165) is 5.82 Å². The maximum Gasteiger partial charge on any atom is 0.137 e. The van der Waals surface area contributed by atoms with E-state index in [2.05, 4.69) is 455 Å². The van der Waals surface area contributed by atoms with Crippen LogP contribution in [0, 0.1) is 69.2 Å². The van der Waals surface area contributed by atoms with Gasteiger partial charge in [-0.05, 0) is 263 Å². The molecule has 0 saturated carbocycles. The fraction of sp³-hybridized carbons (Fsp3) is 0.0855. The van der Waals surface area contributed by atoms with Crippen LogP contribution in [0.2, 0.25) is 0 Å². The summed E-state index contributed by atoms with van der Waals surface area (Å²) >= 11 is 1.84. The quantitative estimate of drug-likeness (QED) is 0.125. The molecule has 0 N–H and O–H groups in total. The topological polar surface area (TPSA) is 37.5 Å². The van der Waals surface area contributed by atoms with E-state index in [1.54, 1.807) is 0 Å². The van der Waals surface area contributed by atoms with Gasteiger partial charge in [-0.15, -0.1) is 11.3 Å². The minimum atomic E-state index is 0.963. The molecule has 25 rings (SSSR count). The van der Waals surface area contributed by atoms with E-state index in [0.29, 0.717) is 0 Å². The molecule has 7 heteroatoms. The lowest BCUT2D eigenvalue weighted by Gasteiger charge is -2.17. The minimum Gasteiger partial charge on any atom is -0.309 e. The number of pyridine rings is 1. The molecule has 0 fully saturated rings. The number of aromatic nitrogens is 6. The summed E-state index contributed by atoms with van der Waals surface area (Å²) in [5, 5.41) is 27.4. The Labute approximate surface area is 725 Å². The van der Waals surface area contributed by atoms with Gasteiger partial charge in [0.05, 0.1) is 66.5 Å². The highest BCUT2D eigenvalue weighted by Gasteiger charge is 2.22. The Balaban J connectivity index is 0.0000000958. The predicted octanol–water partition coefficient (Wildman–Crippen LogP) is 32.2. The first-order chi connectivity index (χ1) is 60.6. The molecule has 0 unspecified atom stereocenters. The SMILES string of the molecule is Cc1ccc2c(c1)c1cc(C)ccc1n2-c1ccc2ccc3ccccc3c2c1.Cc1ccc2c(c1)c1cc(C)ccc1n2-c1ccccn1.Cc1ccc2c(c1)c1ccccc1n2-c1c2ccccc2c(C)c2ccccc12.Cc1ccc2c(c1)c1ccccc1n2-c1ccc(C)c2ccccc12.Cc1ccc2c3ccccc3n(-c3ccc(C)s3)c2c1. The summed E-state index contributed by atoms with van der Waals surface area (Å²) in [5.41, 5.74) is 28.0. The van der Waals surface area contributed by atoms with E-state index >= 15 is 0 Å². The van der Waals surface area contributed by atoms with Gasteiger partial charge in [-0.3, -0.25) is 4.57 Å². The highest BCUT2D eigenvalue weighted by atomic mass is 32.1. The molecule has 0 aliphatic carbocycles. The van der Waals surface area contributed by atoms with E-state index < -0.39 is 0 Å². The fourth-order valence-corrected chi connectivity index (χ4v) is 20.3. The number of hydrogen-bond donors (Lipinski definition) is 0. The molecule has 0 aliphatic heterocycles. The normalized spacial score (nSPS) is 11.6. The smallest absolute Gasteiger partial charge is 0.137 e. The second-order valence-electron chi connectivity index (χ2n) is 33.6. The lowest BCUT2D eigenvalue weighted by Crippen LogP contribution is -1.98. The molecular formula is C117H92N6S. The molecule has 0 saturated heterocycles. The average Bonchev–Trinajstić information content (AvgIpc) is 1.55. The number of benzene rings is 18. The van der Waals surface area contributed by atoms with Gasteiger partial charge in [-0.25, -0.2) is 4.98 Å². The first-order valence-corrected chi connectivity index (χ1v) is 43.8. The molecule has 0 bridgehead atoms. The summed E-state index contributed by atoms with van der Waals surface area (Å²) in [7, 11) is 0. The zero-order valence-electron chi connectivity index (χ0n) is 71.4. The van der Waals surface area contributed by atoms with Crippen LogP contribution in [0.5, 0.6) is 0 Å². The van der Waals surface area contributed by atoms with Gasteiger partial charge in [0.2, 0.25) is 0 Å². The first-order valence-electron chi connectivity index (χ1n) is 43.0. The standard InChI is InChI=1S/2C28H21N.C24H19N.C19H16N2.C18H15NS/c1-18-15-16-27-25(17-18)22-11-7-8-14-26(22)29(27)28-23-12-5-3-9-20(23)19(2)21-10-4-6-13-24(21)28;1-18-7-13-27-25(15-18)26-16-19(2)8-14-28(26)29(27)22-12-11-21-10-9-20-5-3-4-6-23(20)24(21)17-22;1-16-11-13-24-21(15-16)20-9-5-6-10-22(20)25(24)23-14-12-17(2)18-7-3-4-8-19(18)23;1-13-6-8-17-15(11-13)16-12-14(2)7-9-18(16)21(17)19-5-3-4-10-20-19;1-12-7-9-15-14-5-3-4-6-16(14)19(17(15)11-12)18-10-8-13(2)20-18/h2*3-17H,1-2H3;3-15H,1-2H3;3-12H,1-2H3;3-11H,1-2H3. The third kappa shape index (κ3) is 13.3. The van der Waals surface area contributed by atoms with E-state index in [-0.39, 0.29) is 0 Å². The lowest BCUT2D eigenvalue weighted by atomic mass is 9.95. The van der Waals surface area contributed by atoms with Gasteiger partial charge in [0.25, 0.3) is 0 Å². The van der Waals surface area contributed by atoms with Crippen LogP contribution in [-0.2, 0) is 0 Å². The zero-order valence-corrected chi connectivity index (χ0v) is 72.2. The fourth-order valence-electron chi connectivity index (χ4n) is 19.4. The number of thiophene rings is 1. The second-order valence-corrected chi connectivity index (χ2v) is 34.9. The molecule has 18 aromatic carbocycles. The van der Waals surface area contributed by atoms with Crippen molar-refractivity contribution in [3.63, 3.8) is 0 Å². The highest BCUT2D eigenvalue weighted by Crippen LogP contribution is 2.44. The molecule has 0 atom stereocenters. The van der Waals surface area contributed by atoms with Gasteiger partial charge in [-0.1, -0.05) is 264 Å². The Morgan fingerprint density at radius 3 is 1.09 bits per heavy atom. The number of para-hydroxylation sites is 3. The van der Waals surface area contributed by atoms with Crippen molar-refractivity contribution >= 4 is 174 Å². The van der Waals surface area contributed by atoms with Crippen LogP contribution in [0.15, 0.2) is 376 Å². The molecule has 25 aromatic rings. The third-order valence-corrected chi connectivity index (χ3v) is 26.2. The largest absolute Gasteiger partial charge is 0.309 e. The Morgan fingerprint density at radius 1 is 0.210 bits per heavy atom. The number of nitrogens with zero attached hydrogens (tertiary/aromatic N) is 6. The van der Waals surface area contributed by atoms with Gasteiger partial charge in [0.1, 0.15) is 10.8 Å². The second kappa shape index (κ2) is 31.3. The molecule has 0 radical (unpaired) electrons.